The van der Waals surface area contributed by atoms with Crippen LogP contribution in [0.2, 0.25) is 0 Å². The van der Waals surface area contributed by atoms with Crippen molar-refractivity contribution >= 4 is 63.8 Å². The number of thiophene rings is 2. The Labute approximate surface area is 247 Å². The highest BCUT2D eigenvalue weighted by Crippen LogP contribution is 2.30. The average molecular weight is 595 g/mol. The summed E-state index contributed by atoms with van der Waals surface area (Å²) in [5, 5.41) is 0. The second-order valence-corrected chi connectivity index (χ2v) is 12.0. The third kappa shape index (κ3) is 4.29. The van der Waals surface area contributed by atoms with E-state index in [1.807, 2.05) is 24.3 Å². The average Bonchev–Trinajstić information content (AvgIpc) is 3.58. The van der Waals surface area contributed by atoms with E-state index < -0.39 is 0 Å². The molecule has 0 amide bonds. The molecule has 0 aliphatic rings. The van der Waals surface area contributed by atoms with Crippen molar-refractivity contribution in [1.82, 2.24) is 39.0 Å². The van der Waals surface area contributed by atoms with Gasteiger partial charge in [-0.1, -0.05) is 26.7 Å². The molecule has 0 radical (unpaired) electrons. The summed E-state index contributed by atoms with van der Waals surface area (Å²) in [7, 11) is 0. The molecule has 0 saturated heterocycles. The van der Waals surface area contributed by atoms with Gasteiger partial charge in [0, 0.05) is 37.6 Å². The van der Waals surface area contributed by atoms with Crippen LogP contribution in [0.3, 0.4) is 0 Å². The highest BCUT2D eigenvalue weighted by Gasteiger charge is 2.20. The maximum Gasteiger partial charge on any atom is 0.276 e. The van der Waals surface area contributed by atoms with Crippen LogP contribution in [0.1, 0.15) is 51.2 Å². The molecule has 0 saturated carbocycles. The molecule has 0 unspecified atom stereocenters. The van der Waals surface area contributed by atoms with Crippen molar-refractivity contribution < 1.29 is 0 Å². The molecule has 0 atom stereocenters. The Morgan fingerprint density at radius 3 is 1.40 bits per heavy atom. The van der Waals surface area contributed by atoms with E-state index in [0.29, 0.717) is 77.0 Å². The van der Waals surface area contributed by atoms with Crippen molar-refractivity contribution in [3.05, 3.63) is 81.4 Å². The Morgan fingerprint density at radius 1 is 0.595 bits per heavy atom. The predicted molar refractivity (Wildman–Crippen MR) is 167 cm³/mol. The summed E-state index contributed by atoms with van der Waals surface area (Å²) in [6.07, 6.45) is 11.5. The lowest BCUT2D eigenvalue weighted by molar-refractivity contribution is 0.718. The van der Waals surface area contributed by atoms with E-state index in [9.17, 15) is 9.59 Å². The zero-order chi connectivity index (χ0) is 28.8. The van der Waals surface area contributed by atoms with Crippen LogP contribution in [0.4, 0.5) is 0 Å². The fourth-order valence-corrected chi connectivity index (χ4v) is 7.15. The van der Waals surface area contributed by atoms with E-state index >= 15 is 0 Å². The number of benzene rings is 1. The van der Waals surface area contributed by atoms with Crippen LogP contribution in [0.5, 0.6) is 0 Å². The summed E-state index contributed by atoms with van der Waals surface area (Å²) in [5.41, 5.74) is 3.62. The molecule has 0 N–H and O–H groups in total. The molecular weight excluding hydrogens is 569 g/mol. The van der Waals surface area contributed by atoms with Gasteiger partial charge in [-0.05, 0) is 37.1 Å². The first-order valence-corrected chi connectivity index (χ1v) is 15.6. The molecule has 1 aromatic carbocycles. The Bertz CT molecular complexity index is 2070. The number of nitrogens with zero attached hydrogens (tertiary/aromatic N) is 8. The largest absolute Gasteiger partial charge is 0.276 e. The summed E-state index contributed by atoms with van der Waals surface area (Å²) in [6, 6.07) is 7.49. The van der Waals surface area contributed by atoms with Crippen LogP contribution < -0.4 is 11.1 Å². The third-order valence-corrected chi connectivity index (χ3v) is 9.40. The molecule has 10 nitrogen and oxygen atoms in total. The quantitative estimate of drug-likeness (QED) is 0.217. The molecule has 42 heavy (non-hydrogen) atoms. The van der Waals surface area contributed by atoms with Crippen molar-refractivity contribution in [2.75, 3.05) is 0 Å². The normalized spacial score (nSPS) is 11.9. The predicted octanol–water partition coefficient (Wildman–Crippen LogP) is 5.78. The number of aryl methyl sites for hydroxylation is 2. The summed E-state index contributed by atoms with van der Waals surface area (Å²) < 4.78 is 4.42. The topological polar surface area (TPSA) is 121 Å². The summed E-state index contributed by atoms with van der Waals surface area (Å²) >= 11 is 2.62. The van der Waals surface area contributed by atoms with Gasteiger partial charge in [0.1, 0.15) is 52.8 Å². The zero-order valence-electron chi connectivity index (χ0n) is 23.1. The number of aromatic nitrogens is 8. The van der Waals surface area contributed by atoms with E-state index in [4.69, 9.17) is 9.97 Å². The zero-order valence-corrected chi connectivity index (χ0v) is 24.7. The molecule has 12 heteroatoms. The highest BCUT2D eigenvalue weighted by atomic mass is 32.1. The fraction of sp³-hybridized carbons (Fsp3) is 0.267. The summed E-state index contributed by atoms with van der Waals surface area (Å²) in [5.74, 6) is 1.36. The van der Waals surface area contributed by atoms with Crippen molar-refractivity contribution in [2.24, 2.45) is 0 Å². The maximum atomic E-state index is 13.9. The van der Waals surface area contributed by atoms with E-state index in [-0.39, 0.29) is 11.1 Å². The van der Waals surface area contributed by atoms with Crippen LogP contribution in [0.15, 0.2) is 58.6 Å². The second-order valence-electron chi connectivity index (χ2n) is 10.0. The van der Waals surface area contributed by atoms with E-state index in [1.165, 1.54) is 22.7 Å². The minimum atomic E-state index is -0.141. The molecule has 7 aromatic rings. The van der Waals surface area contributed by atoms with Crippen LogP contribution in [0.25, 0.3) is 52.5 Å². The Hall–Kier alpha value is -4.42. The molecule has 7 rings (SSSR count). The molecular formula is C30H26N8O2S2. The molecule has 6 heterocycles. The number of hydrogen-bond donors (Lipinski definition) is 0. The minimum Gasteiger partial charge on any atom is -0.267 e. The lowest BCUT2D eigenvalue weighted by Gasteiger charge is -2.15. The molecule has 6 aromatic heterocycles. The van der Waals surface area contributed by atoms with Crippen molar-refractivity contribution in [3.8, 4) is 11.4 Å². The molecule has 0 aliphatic carbocycles. The third-order valence-electron chi connectivity index (χ3n) is 7.27. The lowest BCUT2D eigenvalue weighted by atomic mass is 10.2. The van der Waals surface area contributed by atoms with Gasteiger partial charge < -0.3 is 0 Å². The molecule has 0 bridgehead atoms. The SMILES string of the molecule is CCCCc1nc2c(sc3nccnc32)c(=O)n1-c1ccc(-n2c(CCCC)nc3c(sc4nccnc43)c2=O)cc1. The van der Waals surface area contributed by atoms with E-state index in [1.54, 1.807) is 33.9 Å². The molecule has 0 aliphatic heterocycles. The van der Waals surface area contributed by atoms with Gasteiger partial charge in [-0.2, -0.15) is 0 Å². The smallest absolute Gasteiger partial charge is 0.267 e. The molecule has 210 valence electrons. The highest BCUT2D eigenvalue weighted by molar-refractivity contribution is 7.25. The van der Waals surface area contributed by atoms with Crippen molar-refractivity contribution in [3.63, 3.8) is 0 Å². The monoisotopic (exact) mass is 594 g/mol. The standard InChI is InChI=1S/C30H26N8O2S2/c1-3-5-7-19-35-21-23-27(33-15-13-31-23)41-25(21)29(39)37(19)17-9-11-18(12-10-17)38-20(8-6-4-2)36-22-24-28(34-16-14-32-24)42-26(22)30(38)40/h9-16H,3-8H2,1-2H3. The number of fused-ring (bicyclic) bond motifs is 6. The van der Waals surface area contributed by atoms with Gasteiger partial charge in [-0.15, -0.1) is 22.7 Å². The summed E-state index contributed by atoms with van der Waals surface area (Å²) in [6.45, 7) is 4.23. The Kier molecular flexibility index (Phi) is 6.79. The van der Waals surface area contributed by atoms with E-state index in [2.05, 4.69) is 33.8 Å². The molecule has 0 fully saturated rings. The Morgan fingerprint density at radius 2 is 1.00 bits per heavy atom. The van der Waals surface area contributed by atoms with Gasteiger partial charge in [0.15, 0.2) is 0 Å². The van der Waals surface area contributed by atoms with Gasteiger partial charge in [0.2, 0.25) is 0 Å². The first-order valence-electron chi connectivity index (χ1n) is 14.0. The van der Waals surface area contributed by atoms with Crippen LogP contribution >= 0.6 is 22.7 Å². The van der Waals surface area contributed by atoms with E-state index in [0.717, 1.165) is 25.7 Å². The maximum absolute atomic E-state index is 13.9. The minimum absolute atomic E-state index is 0.141. The summed E-state index contributed by atoms with van der Waals surface area (Å²) in [4.78, 5) is 56.7. The van der Waals surface area contributed by atoms with Crippen LogP contribution in [-0.2, 0) is 12.8 Å². The molecule has 0 spiro atoms. The lowest BCUT2D eigenvalue weighted by Crippen LogP contribution is -2.24. The van der Waals surface area contributed by atoms with Gasteiger partial charge in [0.25, 0.3) is 11.1 Å². The van der Waals surface area contributed by atoms with Crippen molar-refractivity contribution in [1.29, 1.82) is 0 Å². The van der Waals surface area contributed by atoms with Gasteiger partial charge in [0.05, 0.1) is 11.4 Å². The number of hydrogen-bond acceptors (Lipinski definition) is 10. The number of rotatable bonds is 8. The first-order chi connectivity index (χ1) is 20.6. The van der Waals surface area contributed by atoms with Gasteiger partial charge in [-0.25, -0.2) is 29.9 Å². The first kappa shape index (κ1) is 26.5. The second kappa shape index (κ2) is 10.8. The van der Waals surface area contributed by atoms with Gasteiger partial charge in [-0.3, -0.25) is 18.7 Å². The Balaban J connectivity index is 1.39. The van der Waals surface area contributed by atoms with Gasteiger partial charge >= 0.3 is 0 Å². The van der Waals surface area contributed by atoms with Crippen LogP contribution in [-0.4, -0.2) is 39.0 Å². The number of unbranched alkanes of at least 4 members (excludes halogenated alkanes) is 2. The van der Waals surface area contributed by atoms with Crippen molar-refractivity contribution in [2.45, 2.75) is 52.4 Å². The fourth-order valence-electron chi connectivity index (χ4n) is 5.21. The van der Waals surface area contributed by atoms with Crippen LogP contribution in [0, 0.1) is 0 Å².